The maximum absolute atomic E-state index is 13.2. The normalized spacial score (nSPS) is 18.1. The Morgan fingerprint density at radius 1 is 1.26 bits per heavy atom. The summed E-state index contributed by atoms with van der Waals surface area (Å²) < 4.78 is 28.3. The first-order valence-corrected chi connectivity index (χ1v) is 7.89. The van der Waals surface area contributed by atoms with Gasteiger partial charge >= 0.3 is 0 Å². The molecule has 0 bridgehead atoms. The fourth-order valence-corrected chi connectivity index (χ4v) is 2.87. The first kappa shape index (κ1) is 15.8. The molecule has 1 fully saturated rings. The van der Waals surface area contributed by atoms with Crippen LogP contribution >= 0.6 is 0 Å². The molecule has 0 spiro atoms. The molecule has 0 amide bonds. The number of anilines is 1. The van der Waals surface area contributed by atoms with E-state index in [1.165, 1.54) is 0 Å². The second kappa shape index (κ2) is 6.22. The van der Waals surface area contributed by atoms with E-state index in [1.807, 2.05) is 30.7 Å². The maximum Gasteiger partial charge on any atom is 0.248 e. The predicted molar refractivity (Wildman–Crippen MR) is 83.7 cm³/mol. The number of halogens is 2. The summed E-state index contributed by atoms with van der Waals surface area (Å²) in [6, 6.07) is 3.83. The van der Waals surface area contributed by atoms with E-state index in [0.717, 1.165) is 11.4 Å². The van der Waals surface area contributed by atoms with Crippen LogP contribution in [0.4, 0.5) is 14.6 Å². The first-order valence-electron chi connectivity index (χ1n) is 7.89. The maximum atomic E-state index is 13.2. The average Bonchev–Trinajstić information content (AvgIpc) is 2.86. The van der Waals surface area contributed by atoms with Crippen molar-refractivity contribution >= 4 is 5.82 Å². The van der Waals surface area contributed by atoms with Crippen molar-refractivity contribution in [2.45, 2.75) is 58.0 Å². The van der Waals surface area contributed by atoms with Crippen LogP contribution in [-0.4, -0.2) is 31.7 Å². The summed E-state index contributed by atoms with van der Waals surface area (Å²) in [6.45, 7) is 4.38. The van der Waals surface area contributed by atoms with E-state index in [9.17, 15) is 8.78 Å². The molecule has 5 nitrogen and oxygen atoms in total. The van der Waals surface area contributed by atoms with E-state index < -0.39 is 5.92 Å². The topological polar surface area (TPSA) is 55.6 Å². The number of aromatic nitrogens is 4. The Hall–Kier alpha value is -2.05. The van der Waals surface area contributed by atoms with Gasteiger partial charge in [0.1, 0.15) is 12.4 Å². The zero-order chi connectivity index (χ0) is 16.4. The molecule has 1 saturated carbocycles. The SMILES string of the molecule is Cc1cc(NC2CCC(F)(F)CC2)nc(Cn2nccc2C)n1. The third-order valence-electron chi connectivity index (χ3n) is 4.19. The van der Waals surface area contributed by atoms with Crippen LogP contribution in [0.1, 0.15) is 42.9 Å². The zero-order valence-corrected chi connectivity index (χ0v) is 13.4. The van der Waals surface area contributed by atoms with E-state index in [2.05, 4.69) is 20.4 Å². The Morgan fingerprint density at radius 3 is 2.65 bits per heavy atom. The van der Waals surface area contributed by atoms with Crippen LogP contribution in [0.15, 0.2) is 18.3 Å². The van der Waals surface area contributed by atoms with Gasteiger partial charge in [-0.05, 0) is 32.8 Å². The van der Waals surface area contributed by atoms with Gasteiger partial charge in [0.15, 0.2) is 5.82 Å². The minimum atomic E-state index is -2.51. The van der Waals surface area contributed by atoms with E-state index in [-0.39, 0.29) is 18.9 Å². The number of aryl methyl sites for hydroxylation is 2. The van der Waals surface area contributed by atoms with Crippen LogP contribution in [0.5, 0.6) is 0 Å². The van der Waals surface area contributed by atoms with E-state index in [0.29, 0.717) is 31.0 Å². The molecule has 3 rings (SSSR count). The molecular formula is C16H21F2N5. The summed E-state index contributed by atoms with van der Waals surface area (Å²) in [6.07, 6.45) is 2.54. The zero-order valence-electron chi connectivity index (χ0n) is 13.4. The van der Waals surface area contributed by atoms with Crippen LogP contribution in [0, 0.1) is 13.8 Å². The second-order valence-electron chi connectivity index (χ2n) is 6.22. The van der Waals surface area contributed by atoms with Crippen molar-refractivity contribution < 1.29 is 8.78 Å². The first-order chi connectivity index (χ1) is 10.9. The van der Waals surface area contributed by atoms with Crippen molar-refractivity contribution in [2.24, 2.45) is 0 Å². The lowest BCUT2D eigenvalue weighted by atomic mass is 9.92. The van der Waals surface area contributed by atoms with Gasteiger partial charge in [0.05, 0.1) is 0 Å². The highest BCUT2D eigenvalue weighted by molar-refractivity contribution is 5.37. The Labute approximate surface area is 134 Å². The van der Waals surface area contributed by atoms with Gasteiger partial charge in [0.25, 0.3) is 0 Å². The summed E-state index contributed by atoms with van der Waals surface area (Å²) in [4.78, 5) is 8.94. The van der Waals surface area contributed by atoms with Gasteiger partial charge in [0, 0.05) is 42.5 Å². The van der Waals surface area contributed by atoms with Crippen molar-refractivity contribution in [1.82, 2.24) is 19.7 Å². The van der Waals surface area contributed by atoms with Crippen LogP contribution in [0.25, 0.3) is 0 Å². The van der Waals surface area contributed by atoms with Crippen molar-refractivity contribution in [1.29, 1.82) is 0 Å². The molecule has 2 aromatic heterocycles. The smallest absolute Gasteiger partial charge is 0.248 e. The second-order valence-corrected chi connectivity index (χ2v) is 6.22. The quantitative estimate of drug-likeness (QED) is 0.938. The monoisotopic (exact) mass is 321 g/mol. The molecule has 1 N–H and O–H groups in total. The highest BCUT2D eigenvalue weighted by atomic mass is 19.3. The third-order valence-corrected chi connectivity index (χ3v) is 4.19. The number of rotatable bonds is 4. The fraction of sp³-hybridized carbons (Fsp3) is 0.562. The largest absolute Gasteiger partial charge is 0.367 e. The van der Waals surface area contributed by atoms with E-state index >= 15 is 0 Å². The molecule has 0 atom stereocenters. The summed E-state index contributed by atoms with van der Waals surface area (Å²) >= 11 is 0. The van der Waals surface area contributed by atoms with Crippen molar-refractivity contribution in [3.63, 3.8) is 0 Å². The number of nitrogens with zero attached hydrogens (tertiary/aromatic N) is 4. The number of hydrogen-bond donors (Lipinski definition) is 1. The third kappa shape index (κ3) is 4.03. The fourth-order valence-electron chi connectivity index (χ4n) is 2.87. The molecule has 0 unspecified atom stereocenters. The lowest BCUT2D eigenvalue weighted by Gasteiger charge is -2.29. The van der Waals surface area contributed by atoms with Crippen LogP contribution < -0.4 is 5.32 Å². The molecule has 1 aliphatic carbocycles. The highest BCUT2D eigenvalue weighted by Gasteiger charge is 2.34. The summed E-state index contributed by atoms with van der Waals surface area (Å²) in [5.41, 5.74) is 1.89. The summed E-state index contributed by atoms with van der Waals surface area (Å²) in [5, 5.41) is 7.51. The molecule has 2 heterocycles. The van der Waals surface area contributed by atoms with Crippen LogP contribution in [0.3, 0.4) is 0 Å². The van der Waals surface area contributed by atoms with Gasteiger partial charge in [-0.15, -0.1) is 0 Å². The van der Waals surface area contributed by atoms with Crippen LogP contribution in [0.2, 0.25) is 0 Å². The van der Waals surface area contributed by atoms with Crippen molar-refractivity contribution in [3.05, 3.63) is 35.5 Å². The Morgan fingerprint density at radius 2 is 2.00 bits per heavy atom. The number of hydrogen-bond acceptors (Lipinski definition) is 4. The Balaban J connectivity index is 1.69. The molecule has 0 radical (unpaired) electrons. The van der Waals surface area contributed by atoms with Gasteiger partial charge in [-0.2, -0.15) is 5.10 Å². The molecule has 0 aromatic carbocycles. The summed E-state index contributed by atoms with van der Waals surface area (Å²) in [5.74, 6) is -1.14. The predicted octanol–water partition coefficient (Wildman–Crippen LogP) is 3.33. The minimum absolute atomic E-state index is 0.0446. The van der Waals surface area contributed by atoms with Gasteiger partial charge in [-0.3, -0.25) is 4.68 Å². The van der Waals surface area contributed by atoms with E-state index in [1.54, 1.807) is 6.20 Å². The molecule has 0 saturated heterocycles. The molecule has 124 valence electrons. The molecular weight excluding hydrogens is 300 g/mol. The van der Waals surface area contributed by atoms with Gasteiger partial charge in [-0.1, -0.05) is 0 Å². The Bertz CT molecular complexity index is 673. The molecule has 0 aliphatic heterocycles. The standard InChI is InChI=1S/C16H21F2N5/c1-11-9-14(21-13-3-6-16(17,18)7-4-13)22-15(20-11)10-23-12(2)5-8-19-23/h5,8-9,13H,3-4,6-7,10H2,1-2H3,(H,20,21,22). The number of nitrogens with one attached hydrogen (secondary N) is 1. The van der Waals surface area contributed by atoms with Gasteiger partial charge in [-0.25, -0.2) is 18.7 Å². The molecule has 23 heavy (non-hydrogen) atoms. The van der Waals surface area contributed by atoms with E-state index in [4.69, 9.17) is 0 Å². The van der Waals surface area contributed by atoms with Crippen LogP contribution in [-0.2, 0) is 6.54 Å². The van der Waals surface area contributed by atoms with Gasteiger partial charge in [0.2, 0.25) is 5.92 Å². The molecule has 7 heteroatoms. The summed E-state index contributed by atoms with van der Waals surface area (Å²) in [7, 11) is 0. The molecule has 2 aromatic rings. The minimum Gasteiger partial charge on any atom is -0.367 e. The van der Waals surface area contributed by atoms with Gasteiger partial charge < -0.3 is 5.32 Å². The molecule has 1 aliphatic rings. The van der Waals surface area contributed by atoms with Crippen molar-refractivity contribution in [3.8, 4) is 0 Å². The van der Waals surface area contributed by atoms with Crippen molar-refractivity contribution in [2.75, 3.05) is 5.32 Å². The highest BCUT2D eigenvalue weighted by Crippen LogP contribution is 2.34. The Kier molecular flexibility index (Phi) is 4.28. The number of alkyl halides is 2. The lowest BCUT2D eigenvalue weighted by Crippen LogP contribution is -2.32. The lowest BCUT2D eigenvalue weighted by molar-refractivity contribution is -0.0361. The average molecular weight is 321 g/mol.